The highest BCUT2D eigenvalue weighted by molar-refractivity contribution is 7.15. The van der Waals surface area contributed by atoms with E-state index in [4.69, 9.17) is 14.5 Å². The highest BCUT2D eigenvalue weighted by Gasteiger charge is 2.31. The Morgan fingerprint density at radius 3 is 2.95 bits per heavy atom. The van der Waals surface area contributed by atoms with Gasteiger partial charge in [0.1, 0.15) is 0 Å². The lowest BCUT2D eigenvalue weighted by atomic mass is 10.2. The number of anilines is 1. The lowest BCUT2D eigenvalue weighted by Gasteiger charge is -2.21. The second kappa shape index (κ2) is 7.05. The van der Waals surface area contributed by atoms with Crippen molar-refractivity contribution >= 4 is 16.5 Å². The van der Waals surface area contributed by atoms with Crippen molar-refractivity contribution in [1.29, 1.82) is 0 Å². The molecular weight excluding hydrogens is 286 g/mol. The molecule has 2 aliphatic rings. The summed E-state index contributed by atoms with van der Waals surface area (Å²) in [5, 5.41) is 4.60. The van der Waals surface area contributed by atoms with Gasteiger partial charge < -0.3 is 19.7 Å². The SMILES string of the molecule is COCCNCc1sc(N(C)C2CCOC2)nc1C1CC1. The second-order valence-electron chi connectivity index (χ2n) is 5.88. The van der Waals surface area contributed by atoms with Gasteiger partial charge >= 0.3 is 0 Å². The quantitative estimate of drug-likeness (QED) is 0.744. The molecule has 2 fully saturated rings. The summed E-state index contributed by atoms with van der Waals surface area (Å²) in [6.45, 7) is 4.25. The van der Waals surface area contributed by atoms with Gasteiger partial charge in [-0.05, 0) is 19.3 Å². The van der Waals surface area contributed by atoms with Crippen LogP contribution >= 0.6 is 11.3 Å². The van der Waals surface area contributed by atoms with E-state index < -0.39 is 0 Å². The molecule has 1 saturated carbocycles. The number of likely N-dealkylation sites (N-methyl/N-ethyl adjacent to an activating group) is 1. The Morgan fingerprint density at radius 1 is 1.43 bits per heavy atom. The molecule has 1 saturated heterocycles. The summed E-state index contributed by atoms with van der Waals surface area (Å²) in [6, 6.07) is 0.484. The summed E-state index contributed by atoms with van der Waals surface area (Å²) >= 11 is 1.84. The van der Waals surface area contributed by atoms with Gasteiger partial charge in [0.2, 0.25) is 0 Å². The predicted molar refractivity (Wildman–Crippen MR) is 85.3 cm³/mol. The van der Waals surface area contributed by atoms with E-state index in [1.54, 1.807) is 7.11 Å². The average molecular weight is 311 g/mol. The molecule has 5 nitrogen and oxygen atoms in total. The fourth-order valence-corrected chi connectivity index (χ4v) is 3.81. The van der Waals surface area contributed by atoms with Crippen molar-refractivity contribution in [1.82, 2.24) is 10.3 Å². The fraction of sp³-hybridized carbons (Fsp3) is 0.800. The van der Waals surface area contributed by atoms with Crippen LogP contribution in [0.25, 0.3) is 0 Å². The van der Waals surface area contributed by atoms with E-state index in [0.717, 1.165) is 44.5 Å². The molecule has 2 heterocycles. The summed E-state index contributed by atoms with van der Waals surface area (Å²) in [5.41, 5.74) is 1.32. The number of ether oxygens (including phenoxy) is 2. The van der Waals surface area contributed by atoms with Crippen molar-refractivity contribution in [2.24, 2.45) is 0 Å². The number of nitrogens with one attached hydrogen (secondary N) is 1. The molecule has 0 bridgehead atoms. The Hall–Kier alpha value is -0.690. The fourth-order valence-electron chi connectivity index (χ4n) is 2.66. The zero-order chi connectivity index (χ0) is 14.7. The zero-order valence-electron chi connectivity index (χ0n) is 12.9. The summed E-state index contributed by atoms with van der Waals surface area (Å²) in [5.74, 6) is 0.697. The van der Waals surface area contributed by atoms with Crippen LogP contribution in [0.1, 0.15) is 35.8 Å². The van der Waals surface area contributed by atoms with Gasteiger partial charge in [-0.15, -0.1) is 11.3 Å². The van der Waals surface area contributed by atoms with Gasteiger partial charge in [0.15, 0.2) is 5.13 Å². The van der Waals surface area contributed by atoms with E-state index in [1.165, 1.54) is 23.4 Å². The molecule has 1 aliphatic carbocycles. The summed E-state index contributed by atoms with van der Waals surface area (Å²) in [4.78, 5) is 8.64. The molecule has 1 unspecified atom stereocenters. The van der Waals surface area contributed by atoms with Gasteiger partial charge in [0.05, 0.1) is 24.9 Å². The topological polar surface area (TPSA) is 46.6 Å². The van der Waals surface area contributed by atoms with E-state index in [0.29, 0.717) is 12.0 Å². The van der Waals surface area contributed by atoms with Gasteiger partial charge in [-0.25, -0.2) is 4.98 Å². The molecule has 0 spiro atoms. The highest BCUT2D eigenvalue weighted by Crippen LogP contribution is 2.44. The largest absolute Gasteiger partial charge is 0.383 e. The lowest BCUT2D eigenvalue weighted by Crippen LogP contribution is -2.31. The van der Waals surface area contributed by atoms with E-state index in [-0.39, 0.29) is 0 Å². The first-order chi connectivity index (χ1) is 10.3. The van der Waals surface area contributed by atoms with Crippen LogP contribution in [0.3, 0.4) is 0 Å². The van der Waals surface area contributed by atoms with E-state index in [1.807, 2.05) is 11.3 Å². The Kier molecular flexibility index (Phi) is 5.11. The minimum absolute atomic E-state index is 0.484. The molecule has 1 N–H and O–H groups in total. The number of nitrogens with zero attached hydrogens (tertiary/aromatic N) is 2. The van der Waals surface area contributed by atoms with E-state index >= 15 is 0 Å². The number of methoxy groups -OCH3 is 1. The first-order valence-electron chi connectivity index (χ1n) is 7.79. The maximum absolute atomic E-state index is 5.50. The van der Waals surface area contributed by atoms with E-state index in [2.05, 4.69) is 17.3 Å². The molecule has 1 aromatic rings. The third-order valence-electron chi connectivity index (χ3n) is 4.20. The van der Waals surface area contributed by atoms with Crippen LogP contribution < -0.4 is 10.2 Å². The highest BCUT2D eigenvalue weighted by atomic mass is 32.1. The van der Waals surface area contributed by atoms with Gasteiger partial charge in [-0.2, -0.15) is 0 Å². The van der Waals surface area contributed by atoms with Crippen LogP contribution in [0, 0.1) is 0 Å². The van der Waals surface area contributed by atoms with Crippen LogP contribution in [0.15, 0.2) is 0 Å². The number of hydrogen-bond acceptors (Lipinski definition) is 6. The maximum Gasteiger partial charge on any atom is 0.185 e. The van der Waals surface area contributed by atoms with Gasteiger partial charge in [-0.3, -0.25) is 0 Å². The number of thiazole rings is 1. The van der Waals surface area contributed by atoms with Crippen molar-refractivity contribution < 1.29 is 9.47 Å². The molecule has 0 aromatic carbocycles. The number of aromatic nitrogens is 1. The molecular formula is C15H25N3O2S. The third kappa shape index (κ3) is 3.74. The van der Waals surface area contributed by atoms with Crippen LogP contribution in [0.4, 0.5) is 5.13 Å². The first-order valence-corrected chi connectivity index (χ1v) is 8.61. The standard InChI is InChI=1S/C15H25N3O2S/c1-18(12-5-7-20-10-12)15-17-14(11-3-4-11)13(21-15)9-16-6-8-19-2/h11-12,16H,3-10H2,1-2H3. The lowest BCUT2D eigenvalue weighted by molar-refractivity contribution is 0.193. The van der Waals surface area contributed by atoms with Crippen LogP contribution in [-0.2, 0) is 16.0 Å². The molecule has 1 aliphatic heterocycles. The molecule has 6 heteroatoms. The van der Waals surface area contributed by atoms with Crippen molar-refractivity contribution in [3.05, 3.63) is 10.6 Å². The molecule has 21 heavy (non-hydrogen) atoms. The Balaban J connectivity index is 1.66. The van der Waals surface area contributed by atoms with Crippen LogP contribution in [0.5, 0.6) is 0 Å². The number of hydrogen-bond donors (Lipinski definition) is 1. The third-order valence-corrected chi connectivity index (χ3v) is 5.37. The Morgan fingerprint density at radius 2 is 2.29 bits per heavy atom. The molecule has 118 valence electrons. The van der Waals surface area contributed by atoms with Crippen molar-refractivity contribution in [2.75, 3.05) is 45.4 Å². The average Bonchev–Trinajstić information content (AvgIpc) is 3.04. The summed E-state index contributed by atoms with van der Waals surface area (Å²) in [7, 11) is 3.89. The van der Waals surface area contributed by atoms with Crippen molar-refractivity contribution in [3.8, 4) is 0 Å². The first kappa shape index (κ1) is 15.2. The van der Waals surface area contributed by atoms with Gasteiger partial charge in [0.25, 0.3) is 0 Å². The van der Waals surface area contributed by atoms with Crippen LogP contribution in [0.2, 0.25) is 0 Å². The van der Waals surface area contributed by atoms with Gasteiger partial charge in [-0.1, -0.05) is 0 Å². The smallest absolute Gasteiger partial charge is 0.185 e. The van der Waals surface area contributed by atoms with Crippen molar-refractivity contribution in [3.63, 3.8) is 0 Å². The predicted octanol–water partition coefficient (Wildman–Crippen LogP) is 1.98. The molecule has 1 aromatic heterocycles. The summed E-state index contributed by atoms with van der Waals surface area (Å²) in [6.07, 6.45) is 3.70. The number of rotatable bonds is 8. The zero-order valence-corrected chi connectivity index (χ0v) is 13.7. The normalized spacial score (nSPS) is 21.9. The maximum atomic E-state index is 5.50. The minimum Gasteiger partial charge on any atom is -0.383 e. The van der Waals surface area contributed by atoms with Crippen LogP contribution in [-0.4, -0.2) is 51.5 Å². The van der Waals surface area contributed by atoms with E-state index in [9.17, 15) is 0 Å². The van der Waals surface area contributed by atoms with Crippen molar-refractivity contribution in [2.45, 2.75) is 37.8 Å². The molecule has 0 radical (unpaired) electrons. The summed E-state index contributed by atoms with van der Waals surface area (Å²) < 4.78 is 10.6. The molecule has 1 atom stereocenters. The Bertz CT molecular complexity index is 456. The monoisotopic (exact) mass is 311 g/mol. The van der Waals surface area contributed by atoms with Gasteiger partial charge in [0, 0.05) is 44.6 Å². The minimum atomic E-state index is 0.484. The Labute approximate surface area is 130 Å². The molecule has 3 rings (SSSR count). The molecule has 0 amide bonds. The second-order valence-corrected chi connectivity index (χ2v) is 6.94.